The number of carbonyl (C=O) groups excluding carboxylic acids is 1. The molecule has 3 rings (SSSR count). The standard InChI is InChI=1S/C17H22N4O3/c22-12-8-18-15(23)7-11-21-14-6-2-1-5-13(14)19-16(17(21)24)20-9-3-4-10-20/h1-2,5-6,22H,3-4,7-12H2,(H,18,23). The van der Waals surface area contributed by atoms with Crippen molar-refractivity contribution in [3.63, 3.8) is 0 Å². The molecular formula is C17H22N4O3. The minimum atomic E-state index is -0.181. The molecule has 1 aromatic carbocycles. The van der Waals surface area contributed by atoms with Crippen LogP contribution < -0.4 is 15.8 Å². The average molecular weight is 330 g/mol. The molecule has 0 aliphatic carbocycles. The number of para-hydroxylation sites is 2. The van der Waals surface area contributed by atoms with E-state index in [-0.39, 0.29) is 31.0 Å². The summed E-state index contributed by atoms with van der Waals surface area (Å²) in [5.41, 5.74) is 1.35. The van der Waals surface area contributed by atoms with Crippen LogP contribution in [0.15, 0.2) is 29.1 Å². The van der Waals surface area contributed by atoms with Crippen molar-refractivity contribution in [3.05, 3.63) is 34.6 Å². The molecule has 128 valence electrons. The van der Waals surface area contributed by atoms with E-state index in [0.29, 0.717) is 12.4 Å². The Morgan fingerprint density at radius 3 is 2.75 bits per heavy atom. The fourth-order valence-electron chi connectivity index (χ4n) is 3.03. The second kappa shape index (κ2) is 7.44. The Labute approximate surface area is 139 Å². The lowest BCUT2D eigenvalue weighted by molar-refractivity contribution is -0.121. The van der Waals surface area contributed by atoms with E-state index in [2.05, 4.69) is 10.3 Å². The number of hydrogen-bond acceptors (Lipinski definition) is 5. The van der Waals surface area contributed by atoms with Crippen molar-refractivity contribution in [3.8, 4) is 0 Å². The van der Waals surface area contributed by atoms with E-state index in [0.717, 1.165) is 37.0 Å². The van der Waals surface area contributed by atoms with Gasteiger partial charge in [0.25, 0.3) is 5.56 Å². The summed E-state index contributed by atoms with van der Waals surface area (Å²) >= 11 is 0. The molecule has 0 bridgehead atoms. The fraction of sp³-hybridized carbons (Fsp3) is 0.471. The van der Waals surface area contributed by atoms with Crippen molar-refractivity contribution < 1.29 is 9.90 Å². The summed E-state index contributed by atoms with van der Waals surface area (Å²) in [6.07, 6.45) is 2.32. The van der Waals surface area contributed by atoms with Crippen LogP contribution in [-0.2, 0) is 11.3 Å². The van der Waals surface area contributed by atoms with Gasteiger partial charge < -0.3 is 19.9 Å². The largest absolute Gasteiger partial charge is 0.395 e. The molecule has 1 fully saturated rings. The minimum absolute atomic E-state index is 0.0943. The zero-order chi connectivity index (χ0) is 16.9. The number of aliphatic hydroxyl groups is 1. The van der Waals surface area contributed by atoms with Gasteiger partial charge in [-0.15, -0.1) is 0 Å². The predicted molar refractivity (Wildman–Crippen MR) is 92.2 cm³/mol. The summed E-state index contributed by atoms with van der Waals surface area (Å²) in [4.78, 5) is 31.3. The van der Waals surface area contributed by atoms with Crippen molar-refractivity contribution in [1.29, 1.82) is 0 Å². The minimum Gasteiger partial charge on any atom is -0.395 e. The number of hydrogen-bond donors (Lipinski definition) is 2. The second-order valence-electron chi connectivity index (χ2n) is 5.90. The first-order valence-corrected chi connectivity index (χ1v) is 8.33. The number of nitrogens with zero attached hydrogens (tertiary/aromatic N) is 3. The number of aromatic nitrogens is 2. The number of benzene rings is 1. The molecular weight excluding hydrogens is 308 g/mol. The summed E-state index contributed by atoms with van der Waals surface area (Å²) in [7, 11) is 0. The molecule has 2 N–H and O–H groups in total. The number of rotatable bonds is 6. The molecule has 0 saturated carbocycles. The number of carbonyl (C=O) groups is 1. The molecule has 0 radical (unpaired) electrons. The van der Waals surface area contributed by atoms with Crippen molar-refractivity contribution in [1.82, 2.24) is 14.9 Å². The zero-order valence-electron chi connectivity index (χ0n) is 13.6. The van der Waals surface area contributed by atoms with Gasteiger partial charge in [0, 0.05) is 32.6 Å². The lowest BCUT2D eigenvalue weighted by Gasteiger charge is -2.18. The molecule has 2 aromatic rings. The van der Waals surface area contributed by atoms with Crippen LogP contribution in [0.1, 0.15) is 19.3 Å². The topological polar surface area (TPSA) is 87.5 Å². The van der Waals surface area contributed by atoms with Gasteiger partial charge in [-0.3, -0.25) is 9.59 Å². The molecule has 2 heterocycles. The zero-order valence-corrected chi connectivity index (χ0v) is 13.6. The Kier molecular flexibility index (Phi) is 5.10. The summed E-state index contributed by atoms with van der Waals surface area (Å²) < 4.78 is 1.63. The van der Waals surface area contributed by atoms with Crippen molar-refractivity contribution >= 4 is 22.8 Å². The number of aryl methyl sites for hydroxylation is 1. The molecule has 7 heteroatoms. The van der Waals surface area contributed by atoms with Gasteiger partial charge in [0.15, 0.2) is 5.82 Å². The highest BCUT2D eigenvalue weighted by molar-refractivity contribution is 5.78. The van der Waals surface area contributed by atoms with Gasteiger partial charge in [0.05, 0.1) is 17.6 Å². The van der Waals surface area contributed by atoms with Crippen LogP contribution in [0.5, 0.6) is 0 Å². The number of anilines is 1. The Balaban J connectivity index is 1.93. The lowest BCUT2D eigenvalue weighted by atomic mass is 10.2. The maximum Gasteiger partial charge on any atom is 0.294 e. The van der Waals surface area contributed by atoms with Crippen molar-refractivity contribution in [2.75, 3.05) is 31.1 Å². The summed E-state index contributed by atoms with van der Waals surface area (Å²) in [5, 5.41) is 11.4. The van der Waals surface area contributed by atoms with E-state index in [4.69, 9.17) is 5.11 Å². The van der Waals surface area contributed by atoms with Crippen molar-refractivity contribution in [2.24, 2.45) is 0 Å². The maximum atomic E-state index is 12.9. The van der Waals surface area contributed by atoms with Crippen molar-refractivity contribution in [2.45, 2.75) is 25.8 Å². The van der Waals surface area contributed by atoms with Crippen LogP contribution >= 0.6 is 0 Å². The molecule has 0 spiro atoms. The Bertz CT molecular complexity index is 781. The SMILES string of the molecule is O=C(CCn1c(=O)c(N2CCCC2)nc2ccccc21)NCCO. The third-order valence-electron chi connectivity index (χ3n) is 4.24. The van der Waals surface area contributed by atoms with E-state index >= 15 is 0 Å². The van der Waals surface area contributed by atoms with Gasteiger partial charge in [-0.2, -0.15) is 0 Å². The van der Waals surface area contributed by atoms with Gasteiger partial charge >= 0.3 is 0 Å². The number of aliphatic hydroxyl groups excluding tert-OH is 1. The number of amides is 1. The van der Waals surface area contributed by atoms with Crippen LogP contribution in [-0.4, -0.2) is 46.8 Å². The van der Waals surface area contributed by atoms with E-state index in [1.54, 1.807) is 4.57 Å². The lowest BCUT2D eigenvalue weighted by Crippen LogP contribution is -2.33. The monoisotopic (exact) mass is 330 g/mol. The first-order valence-electron chi connectivity index (χ1n) is 8.33. The third kappa shape index (κ3) is 3.41. The summed E-state index contributed by atoms with van der Waals surface area (Å²) in [6, 6.07) is 7.49. The van der Waals surface area contributed by atoms with E-state index < -0.39 is 0 Å². The quantitative estimate of drug-likeness (QED) is 0.805. The smallest absolute Gasteiger partial charge is 0.294 e. The summed E-state index contributed by atoms with van der Waals surface area (Å²) in [5.74, 6) is 0.293. The molecule has 1 aromatic heterocycles. The summed E-state index contributed by atoms with van der Waals surface area (Å²) in [6.45, 7) is 2.11. The third-order valence-corrected chi connectivity index (χ3v) is 4.24. The van der Waals surface area contributed by atoms with Gasteiger partial charge in [-0.25, -0.2) is 4.98 Å². The highest BCUT2D eigenvalue weighted by atomic mass is 16.3. The number of nitrogens with one attached hydrogen (secondary N) is 1. The first kappa shape index (κ1) is 16.4. The Morgan fingerprint density at radius 1 is 1.25 bits per heavy atom. The molecule has 1 aliphatic heterocycles. The molecule has 1 amide bonds. The predicted octanol–water partition coefficient (Wildman–Crippen LogP) is 0.495. The Morgan fingerprint density at radius 2 is 2.00 bits per heavy atom. The average Bonchev–Trinajstić information content (AvgIpc) is 3.13. The van der Waals surface area contributed by atoms with Gasteiger partial charge in [-0.1, -0.05) is 12.1 Å². The van der Waals surface area contributed by atoms with Gasteiger partial charge in [0.2, 0.25) is 5.91 Å². The molecule has 7 nitrogen and oxygen atoms in total. The van der Waals surface area contributed by atoms with E-state index in [1.807, 2.05) is 29.2 Å². The van der Waals surface area contributed by atoms with Crippen LogP contribution in [0, 0.1) is 0 Å². The normalized spacial score (nSPS) is 14.3. The molecule has 0 atom stereocenters. The fourth-order valence-corrected chi connectivity index (χ4v) is 3.03. The second-order valence-corrected chi connectivity index (χ2v) is 5.90. The highest BCUT2D eigenvalue weighted by Gasteiger charge is 2.20. The molecule has 0 unspecified atom stereocenters. The maximum absolute atomic E-state index is 12.9. The highest BCUT2D eigenvalue weighted by Crippen LogP contribution is 2.18. The van der Waals surface area contributed by atoms with E-state index in [9.17, 15) is 9.59 Å². The first-order chi connectivity index (χ1) is 11.7. The van der Waals surface area contributed by atoms with Gasteiger partial charge in [-0.05, 0) is 25.0 Å². The van der Waals surface area contributed by atoms with E-state index in [1.165, 1.54) is 0 Å². The van der Waals surface area contributed by atoms with Crippen LogP contribution in [0.4, 0.5) is 5.82 Å². The Hall–Kier alpha value is -2.41. The molecule has 1 saturated heterocycles. The molecule has 24 heavy (non-hydrogen) atoms. The van der Waals surface area contributed by atoms with Crippen LogP contribution in [0.25, 0.3) is 11.0 Å². The van der Waals surface area contributed by atoms with Crippen LogP contribution in [0.2, 0.25) is 0 Å². The number of fused-ring (bicyclic) bond motifs is 1. The van der Waals surface area contributed by atoms with Crippen LogP contribution in [0.3, 0.4) is 0 Å². The molecule has 1 aliphatic rings. The van der Waals surface area contributed by atoms with Gasteiger partial charge in [0.1, 0.15) is 0 Å².